The molecular formula is C19H25NO3. The number of carboxylic acid groups (broad SMARTS) is 1. The SMILES string of the molecule is Cc1ccc(NC(=O)C2C3CCCCC(CC3)C2C(=O)O)cc1. The molecule has 4 heteroatoms. The number of hydrogen-bond donors (Lipinski definition) is 2. The van der Waals surface area contributed by atoms with Crippen molar-refractivity contribution in [2.24, 2.45) is 23.7 Å². The highest BCUT2D eigenvalue weighted by atomic mass is 16.4. The van der Waals surface area contributed by atoms with E-state index >= 15 is 0 Å². The van der Waals surface area contributed by atoms with Crippen molar-refractivity contribution >= 4 is 17.6 Å². The molecule has 4 atom stereocenters. The van der Waals surface area contributed by atoms with Crippen LogP contribution in [0, 0.1) is 30.6 Å². The highest BCUT2D eigenvalue weighted by Crippen LogP contribution is 2.46. The van der Waals surface area contributed by atoms with Crippen LogP contribution in [-0.2, 0) is 9.59 Å². The van der Waals surface area contributed by atoms with E-state index in [1.165, 1.54) is 0 Å². The Morgan fingerprint density at radius 2 is 1.52 bits per heavy atom. The van der Waals surface area contributed by atoms with Gasteiger partial charge in [0.2, 0.25) is 5.91 Å². The van der Waals surface area contributed by atoms with Crippen LogP contribution in [0.1, 0.15) is 44.1 Å². The summed E-state index contributed by atoms with van der Waals surface area (Å²) in [6.07, 6.45) is 6.07. The predicted octanol–water partition coefficient (Wildman–Crippen LogP) is 3.85. The van der Waals surface area contributed by atoms with Gasteiger partial charge in [-0.3, -0.25) is 9.59 Å². The van der Waals surface area contributed by atoms with Crippen LogP contribution in [0.4, 0.5) is 5.69 Å². The molecule has 1 aromatic rings. The highest BCUT2D eigenvalue weighted by Gasteiger charge is 2.47. The van der Waals surface area contributed by atoms with Crippen molar-refractivity contribution in [3.8, 4) is 0 Å². The Kier molecular flexibility index (Phi) is 4.69. The number of anilines is 1. The summed E-state index contributed by atoms with van der Waals surface area (Å²) in [4.78, 5) is 24.7. The topological polar surface area (TPSA) is 66.4 Å². The van der Waals surface area contributed by atoms with Gasteiger partial charge in [-0.2, -0.15) is 0 Å². The second-order valence-electron chi connectivity index (χ2n) is 7.13. The minimum absolute atomic E-state index is 0.113. The molecule has 23 heavy (non-hydrogen) atoms. The van der Waals surface area contributed by atoms with Crippen molar-refractivity contribution in [1.82, 2.24) is 0 Å². The first-order chi connectivity index (χ1) is 11.1. The number of fused-ring (bicyclic) bond motifs is 5. The maximum atomic E-state index is 12.8. The van der Waals surface area contributed by atoms with Crippen LogP contribution in [0.2, 0.25) is 0 Å². The Balaban J connectivity index is 1.82. The Morgan fingerprint density at radius 1 is 0.957 bits per heavy atom. The predicted molar refractivity (Wildman–Crippen MR) is 89.1 cm³/mol. The Morgan fingerprint density at radius 3 is 2.09 bits per heavy atom. The number of nitrogens with one attached hydrogen (secondary N) is 1. The van der Waals surface area contributed by atoms with Gasteiger partial charge in [0.15, 0.2) is 0 Å². The van der Waals surface area contributed by atoms with Crippen LogP contribution < -0.4 is 5.32 Å². The summed E-state index contributed by atoms with van der Waals surface area (Å²) in [5.41, 5.74) is 1.89. The van der Waals surface area contributed by atoms with Crippen molar-refractivity contribution in [3.05, 3.63) is 29.8 Å². The summed E-state index contributed by atoms with van der Waals surface area (Å²) in [7, 11) is 0. The molecule has 4 unspecified atom stereocenters. The van der Waals surface area contributed by atoms with Crippen molar-refractivity contribution in [2.45, 2.75) is 45.4 Å². The number of hydrogen-bond acceptors (Lipinski definition) is 2. The lowest BCUT2D eigenvalue weighted by Gasteiger charge is -2.42. The lowest BCUT2D eigenvalue weighted by molar-refractivity contribution is -0.154. The summed E-state index contributed by atoms with van der Waals surface area (Å²) in [5, 5.41) is 12.7. The molecule has 0 heterocycles. The quantitative estimate of drug-likeness (QED) is 0.890. The molecule has 0 saturated heterocycles. The third-order valence-electron chi connectivity index (χ3n) is 5.62. The smallest absolute Gasteiger partial charge is 0.307 e. The third-order valence-corrected chi connectivity index (χ3v) is 5.62. The summed E-state index contributed by atoms with van der Waals surface area (Å²) >= 11 is 0. The molecule has 0 spiro atoms. The Labute approximate surface area is 137 Å². The first-order valence-corrected chi connectivity index (χ1v) is 8.66. The van der Waals surface area contributed by atoms with Gasteiger partial charge in [-0.1, -0.05) is 30.5 Å². The first kappa shape index (κ1) is 16.0. The van der Waals surface area contributed by atoms with E-state index in [1.807, 2.05) is 31.2 Å². The van der Waals surface area contributed by atoms with Crippen LogP contribution in [0.25, 0.3) is 0 Å². The molecule has 0 aromatic heterocycles. The van der Waals surface area contributed by atoms with Gasteiger partial charge in [-0.15, -0.1) is 0 Å². The number of aryl methyl sites for hydroxylation is 1. The van der Waals surface area contributed by atoms with Crippen molar-refractivity contribution < 1.29 is 14.7 Å². The molecule has 1 amide bonds. The minimum Gasteiger partial charge on any atom is -0.481 e. The summed E-state index contributed by atoms with van der Waals surface area (Å²) in [5.74, 6) is -1.48. The average molecular weight is 315 g/mol. The fourth-order valence-corrected chi connectivity index (χ4v) is 4.43. The van der Waals surface area contributed by atoms with E-state index in [1.54, 1.807) is 0 Å². The summed E-state index contributed by atoms with van der Waals surface area (Å²) in [6.45, 7) is 2.00. The molecule has 2 bridgehead atoms. The zero-order valence-electron chi connectivity index (χ0n) is 13.6. The van der Waals surface area contributed by atoms with Crippen LogP contribution in [0.5, 0.6) is 0 Å². The van der Waals surface area contributed by atoms with Gasteiger partial charge in [-0.25, -0.2) is 0 Å². The second kappa shape index (κ2) is 6.73. The molecule has 3 saturated carbocycles. The fourth-order valence-electron chi connectivity index (χ4n) is 4.43. The van der Waals surface area contributed by atoms with Crippen LogP contribution in [-0.4, -0.2) is 17.0 Å². The number of carboxylic acids is 1. The number of amides is 1. The van der Waals surface area contributed by atoms with Gasteiger partial charge >= 0.3 is 5.97 Å². The Bertz CT molecular complexity index is 577. The number of benzene rings is 1. The molecule has 0 radical (unpaired) electrons. The van der Waals surface area contributed by atoms with Gasteiger partial charge in [-0.05, 0) is 56.6 Å². The minimum atomic E-state index is -0.800. The molecule has 124 valence electrons. The van der Waals surface area contributed by atoms with E-state index in [4.69, 9.17) is 0 Å². The van der Waals surface area contributed by atoms with Crippen LogP contribution >= 0.6 is 0 Å². The van der Waals surface area contributed by atoms with E-state index in [2.05, 4.69) is 5.32 Å². The van der Waals surface area contributed by atoms with Gasteiger partial charge in [0.05, 0.1) is 11.8 Å². The summed E-state index contributed by atoms with van der Waals surface area (Å²) < 4.78 is 0. The van der Waals surface area contributed by atoms with Crippen molar-refractivity contribution in [1.29, 1.82) is 0 Å². The normalized spacial score (nSPS) is 30.3. The molecule has 4 nitrogen and oxygen atoms in total. The second-order valence-corrected chi connectivity index (χ2v) is 7.13. The van der Waals surface area contributed by atoms with E-state index in [0.717, 1.165) is 49.8 Å². The average Bonchev–Trinajstić information content (AvgIpc) is 2.48. The number of carbonyl (C=O) groups excluding carboxylic acids is 1. The van der Waals surface area contributed by atoms with Crippen LogP contribution in [0.15, 0.2) is 24.3 Å². The molecule has 0 aliphatic heterocycles. The van der Waals surface area contributed by atoms with E-state index in [0.29, 0.717) is 0 Å². The maximum absolute atomic E-state index is 12.8. The number of carbonyl (C=O) groups is 2. The van der Waals surface area contributed by atoms with Gasteiger partial charge < -0.3 is 10.4 Å². The van der Waals surface area contributed by atoms with E-state index in [-0.39, 0.29) is 17.7 Å². The molecule has 1 aromatic carbocycles. The molecule has 4 rings (SSSR count). The zero-order valence-corrected chi connectivity index (χ0v) is 13.6. The number of aliphatic carboxylic acids is 1. The van der Waals surface area contributed by atoms with E-state index < -0.39 is 17.8 Å². The standard InChI is InChI=1S/C19H25NO3/c1-12-6-10-15(11-7-12)20-18(21)16-13-4-2-3-5-14(9-8-13)17(16)19(22)23/h6-7,10-11,13-14,16-17H,2-5,8-9H2,1H3,(H,20,21)(H,22,23). The lowest BCUT2D eigenvalue weighted by atomic mass is 9.62. The molecular weight excluding hydrogens is 290 g/mol. The van der Waals surface area contributed by atoms with Crippen molar-refractivity contribution in [3.63, 3.8) is 0 Å². The van der Waals surface area contributed by atoms with Crippen LogP contribution in [0.3, 0.4) is 0 Å². The van der Waals surface area contributed by atoms with Gasteiger partial charge in [0.1, 0.15) is 0 Å². The van der Waals surface area contributed by atoms with Gasteiger partial charge in [0, 0.05) is 5.69 Å². The molecule has 3 aliphatic rings. The largest absolute Gasteiger partial charge is 0.481 e. The lowest BCUT2D eigenvalue weighted by Crippen LogP contribution is -2.46. The molecule has 2 N–H and O–H groups in total. The number of rotatable bonds is 3. The zero-order chi connectivity index (χ0) is 16.4. The van der Waals surface area contributed by atoms with E-state index in [9.17, 15) is 14.7 Å². The first-order valence-electron chi connectivity index (χ1n) is 8.66. The highest BCUT2D eigenvalue weighted by molar-refractivity contribution is 5.95. The fraction of sp³-hybridized carbons (Fsp3) is 0.579. The third kappa shape index (κ3) is 3.41. The van der Waals surface area contributed by atoms with Crippen molar-refractivity contribution in [2.75, 3.05) is 5.32 Å². The van der Waals surface area contributed by atoms with Gasteiger partial charge in [0.25, 0.3) is 0 Å². The maximum Gasteiger partial charge on any atom is 0.307 e. The molecule has 3 fully saturated rings. The molecule has 3 aliphatic carbocycles. The monoisotopic (exact) mass is 315 g/mol. The summed E-state index contributed by atoms with van der Waals surface area (Å²) in [6, 6.07) is 7.66. The Hall–Kier alpha value is -1.84.